The molecule has 2 aliphatic heterocycles. The Hall–Kier alpha value is -2.63. The number of halogens is 1. The van der Waals surface area contributed by atoms with Crippen LogP contribution in [0.3, 0.4) is 0 Å². The smallest absolute Gasteiger partial charge is 0.261 e. The first-order chi connectivity index (χ1) is 14.0. The Morgan fingerprint density at radius 1 is 0.897 bits per heavy atom. The highest BCUT2D eigenvalue weighted by Crippen LogP contribution is 2.25. The standard InChI is InChI=1S/C23H24ClN3O2/c1-17-8-9-18(24)16-21(17)26-14-12-25(13-15-26)10-4-5-11-27-22(28)19-6-2-3-7-20(19)23(27)29/h2-9,16H,10-15H2,1H3/b5-4+. The van der Waals surface area contributed by atoms with Crippen LogP contribution in [-0.4, -0.2) is 60.9 Å². The van der Waals surface area contributed by atoms with Crippen LogP contribution in [0, 0.1) is 6.92 Å². The average molecular weight is 410 g/mol. The number of fused-ring (bicyclic) bond motifs is 1. The summed E-state index contributed by atoms with van der Waals surface area (Å²) in [6, 6.07) is 13.0. The molecule has 0 bridgehead atoms. The zero-order chi connectivity index (χ0) is 20.4. The highest BCUT2D eigenvalue weighted by Gasteiger charge is 2.34. The number of piperazine rings is 1. The van der Waals surface area contributed by atoms with Crippen LogP contribution in [-0.2, 0) is 0 Å². The van der Waals surface area contributed by atoms with Crippen LogP contribution < -0.4 is 4.90 Å². The lowest BCUT2D eigenvalue weighted by Gasteiger charge is -2.36. The van der Waals surface area contributed by atoms with E-state index in [1.807, 2.05) is 24.3 Å². The van der Waals surface area contributed by atoms with Crippen molar-refractivity contribution < 1.29 is 9.59 Å². The first-order valence-corrected chi connectivity index (χ1v) is 10.3. The van der Waals surface area contributed by atoms with Crippen molar-refractivity contribution in [1.82, 2.24) is 9.80 Å². The summed E-state index contributed by atoms with van der Waals surface area (Å²) in [6.07, 6.45) is 3.96. The Morgan fingerprint density at radius 3 is 2.17 bits per heavy atom. The van der Waals surface area contributed by atoms with Gasteiger partial charge in [0, 0.05) is 50.0 Å². The Bertz CT molecular complexity index is 929. The van der Waals surface area contributed by atoms with Gasteiger partial charge in [-0.25, -0.2) is 0 Å². The summed E-state index contributed by atoms with van der Waals surface area (Å²) in [5.74, 6) is -0.415. The lowest BCUT2D eigenvalue weighted by atomic mass is 10.1. The predicted octanol–water partition coefficient (Wildman–Crippen LogP) is 3.62. The van der Waals surface area contributed by atoms with E-state index in [0.717, 1.165) is 37.7 Å². The Morgan fingerprint density at radius 2 is 1.52 bits per heavy atom. The summed E-state index contributed by atoms with van der Waals surface area (Å²) in [6.45, 7) is 7.06. The van der Waals surface area contributed by atoms with Crippen LogP contribution in [0.25, 0.3) is 0 Å². The number of carbonyl (C=O) groups is 2. The average Bonchev–Trinajstić information content (AvgIpc) is 2.98. The summed E-state index contributed by atoms with van der Waals surface area (Å²) in [4.78, 5) is 30.8. The summed E-state index contributed by atoms with van der Waals surface area (Å²) in [7, 11) is 0. The maximum absolute atomic E-state index is 12.4. The molecule has 0 atom stereocenters. The van der Waals surface area contributed by atoms with Crippen molar-refractivity contribution in [2.75, 3.05) is 44.2 Å². The molecule has 0 unspecified atom stereocenters. The molecule has 5 nitrogen and oxygen atoms in total. The monoisotopic (exact) mass is 409 g/mol. The highest BCUT2D eigenvalue weighted by atomic mass is 35.5. The zero-order valence-corrected chi connectivity index (χ0v) is 17.2. The molecular weight excluding hydrogens is 386 g/mol. The number of hydrogen-bond acceptors (Lipinski definition) is 4. The summed E-state index contributed by atoms with van der Waals surface area (Å²) < 4.78 is 0. The molecule has 1 saturated heterocycles. The predicted molar refractivity (Wildman–Crippen MR) is 116 cm³/mol. The van der Waals surface area contributed by atoms with Crippen molar-refractivity contribution in [1.29, 1.82) is 0 Å². The van der Waals surface area contributed by atoms with Gasteiger partial charge in [0.1, 0.15) is 0 Å². The normalized spacial score (nSPS) is 17.4. The number of imide groups is 1. The van der Waals surface area contributed by atoms with E-state index in [1.54, 1.807) is 24.3 Å². The minimum atomic E-state index is -0.208. The van der Waals surface area contributed by atoms with Crippen molar-refractivity contribution in [3.63, 3.8) is 0 Å². The van der Waals surface area contributed by atoms with E-state index in [2.05, 4.69) is 22.8 Å². The maximum Gasteiger partial charge on any atom is 0.261 e. The number of aryl methyl sites for hydroxylation is 1. The van der Waals surface area contributed by atoms with Crippen molar-refractivity contribution in [3.05, 3.63) is 76.3 Å². The van der Waals surface area contributed by atoms with Gasteiger partial charge in [0.15, 0.2) is 0 Å². The van der Waals surface area contributed by atoms with Gasteiger partial charge in [-0.2, -0.15) is 0 Å². The molecule has 0 aliphatic carbocycles. The van der Waals surface area contributed by atoms with Gasteiger partial charge < -0.3 is 4.90 Å². The van der Waals surface area contributed by atoms with E-state index >= 15 is 0 Å². The highest BCUT2D eigenvalue weighted by molar-refractivity contribution is 6.30. The van der Waals surface area contributed by atoms with Gasteiger partial charge in [-0.3, -0.25) is 19.4 Å². The number of anilines is 1. The van der Waals surface area contributed by atoms with E-state index < -0.39 is 0 Å². The third-order valence-corrected chi connectivity index (χ3v) is 5.82. The van der Waals surface area contributed by atoms with Crippen LogP contribution in [0.5, 0.6) is 0 Å². The summed E-state index contributed by atoms with van der Waals surface area (Å²) in [5, 5.41) is 0.768. The summed E-state index contributed by atoms with van der Waals surface area (Å²) >= 11 is 6.16. The number of nitrogens with zero attached hydrogens (tertiary/aromatic N) is 3. The molecule has 2 aromatic rings. The fourth-order valence-electron chi connectivity index (χ4n) is 3.90. The Labute approximate surface area is 176 Å². The van der Waals surface area contributed by atoms with Gasteiger partial charge in [-0.1, -0.05) is 42.0 Å². The minimum Gasteiger partial charge on any atom is -0.369 e. The van der Waals surface area contributed by atoms with Gasteiger partial charge >= 0.3 is 0 Å². The van der Waals surface area contributed by atoms with E-state index in [9.17, 15) is 9.59 Å². The molecule has 150 valence electrons. The zero-order valence-electron chi connectivity index (χ0n) is 16.5. The SMILES string of the molecule is Cc1ccc(Cl)cc1N1CCN(C/C=C/CN2C(=O)c3ccccc3C2=O)CC1. The molecule has 0 aromatic heterocycles. The second kappa shape index (κ2) is 8.39. The van der Waals surface area contributed by atoms with E-state index in [4.69, 9.17) is 11.6 Å². The van der Waals surface area contributed by atoms with Gasteiger partial charge in [-0.15, -0.1) is 0 Å². The maximum atomic E-state index is 12.4. The Kier molecular flexibility index (Phi) is 5.69. The third kappa shape index (κ3) is 4.07. The number of hydrogen-bond donors (Lipinski definition) is 0. The van der Waals surface area contributed by atoms with Gasteiger partial charge in [0.05, 0.1) is 11.1 Å². The van der Waals surface area contributed by atoms with Gasteiger partial charge in [-0.05, 0) is 36.8 Å². The summed E-state index contributed by atoms with van der Waals surface area (Å²) in [5.41, 5.74) is 3.44. The second-order valence-corrected chi connectivity index (χ2v) is 7.89. The molecule has 0 spiro atoms. The topological polar surface area (TPSA) is 43.9 Å². The lowest BCUT2D eigenvalue weighted by Crippen LogP contribution is -2.46. The first-order valence-electron chi connectivity index (χ1n) is 9.88. The molecule has 4 rings (SSSR count). The molecule has 0 radical (unpaired) electrons. The van der Waals surface area contributed by atoms with Crippen molar-refractivity contribution in [2.45, 2.75) is 6.92 Å². The molecular formula is C23H24ClN3O2. The van der Waals surface area contributed by atoms with Gasteiger partial charge in [0.25, 0.3) is 11.8 Å². The van der Waals surface area contributed by atoms with Crippen LogP contribution in [0.15, 0.2) is 54.6 Å². The molecule has 1 fully saturated rings. The van der Waals surface area contributed by atoms with Crippen molar-refractivity contribution in [2.24, 2.45) is 0 Å². The number of rotatable bonds is 5. The molecule has 2 aromatic carbocycles. The third-order valence-electron chi connectivity index (χ3n) is 5.58. The molecule has 2 aliphatic rings. The van der Waals surface area contributed by atoms with Gasteiger partial charge in [0.2, 0.25) is 0 Å². The minimum absolute atomic E-state index is 0.208. The molecule has 6 heteroatoms. The lowest BCUT2D eigenvalue weighted by molar-refractivity contribution is 0.0672. The fourth-order valence-corrected chi connectivity index (χ4v) is 4.07. The fraction of sp³-hybridized carbons (Fsp3) is 0.304. The molecule has 2 amide bonds. The van der Waals surface area contributed by atoms with Crippen molar-refractivity contribution >= 4 is 29.1 Å². The second-order valence-electron chi connectivity index (χ2n) is 7.46. The number of benzene rings is 2. The van der Waals surface area contributed by atoms with Crippen LogP contribution in [0.1, 0.15) is 26.3 Å². The molecule has 2 heterocycles. The van der Waals surface area contributed by atoms with Crippen molar-refractivity contribution in [3.8, 4) is 0 Å². The molecule has 0 saturated carbocycles. The molecule has 0 N–H and O–H groups in total. The largest absolute Gasteiger partial charge is 0.369 e. The van der Waals surface area contributed by atoms with E-state index in [-0.39, 0.29) is 11.8 Å². The van der Waals surface area contributed by atoms with Crippen LogP contribution >= 0.6 is 11.6 Å². The first kappa shape index (κ1) is 19.7. The Balaban J connectivity index is 1.27. The van der Waals surface area contributed by atoms with Crippen LogP contribution in [0.2, 0.25) is 5.02 Å². The molecule has 29 heavy (non-hydrogen) atoms. The number of amides is 2. The quantitative estimate of drug-likeness (QED) is 0.558. The van der Waals surface area contributed by atoms with E-state index in [1.165, 1.54) is 16.2 Å². The number of carbonyl (C=O) groups excluding carboxylic acids is 2. The van der Waals surface area contributed by atoms with Crippen LogP contribution in [0.4, 0.5) is 5.69 Å². The van der Waals surface area contributed by atoms with E-state index in [0.29, 0.717) is 17.7 Å².